The van der Waals surface area contributed by atoms with E-state index in [0.29, 0.717) is 39.1 Å². The van der Waals surface area contributed by atoms with Crippen LogP contribution in [0.1, 0.15) is 19.8 Å². The van der Waals surface area contributed by atoms with Gasteiger partial charge in [-0.15, -0.1) is 0 Å². The maximum atomic E-state index is 11.4. The average Bonchev–Trinajstić information content (AvgIpc) is 2.19. The van der Waals surface area contributed by atoms with Crippen molar-refractivity contribution in [3.05, 3.63) is 0 Å². The molecule has 0 aromatic carbocycles. The number of carbonyl (C=O) groups is 1. The molecular weight excluding hydrogens is 196 g/mol. The Morgan fingerprint density at radius 2 is 2.13 bits per heavy atom. The van der Waals surface area contributed by atoms with Crippen LogP contribution < -0.4 is 5.32 Å². The van der Waals surface area contributed by atoms with Crippen LogP contribution in [0.25, 0.3) is 0 Å². The number of amides is 1. The van der Waals surface area contributed by atoms with E-state index >= 15 is 0 Å². The highest BCUT2D eigenvalue weighted by Gasteiger charge is 2.33. The second-order valence-electron chi connectivity index (χ2n) is 3.94. The van der Waals surface area contributed by atoms with Crippen LogP contribution in [0.15, 0.2) is 0 Å². The largest absolute Gasteiger partial charge is 0.450 e. The Morgan fingerprint density at radius 3 is 2.60 bits per heavy atom. The summed E-state index contributed by atoms with van der Waals surface area (Å²) in [5.74, 6) is 0. The van der Waals surface area contributed by atoms with Gasteiger partial charge in [-0.2, -0.15) is 0 Å². The molecule has 0 radical (unpaired) electrons. The summed E-state index contributed by atoms with van der Waals surface area (Å²) in [4.78, 5) is 13.0. The van der Waals surface area contributed by atoms with E-state index in [2.05, 4.69) is 5.32 Å². The Hall–Kier alpha value is -0.810. The van der Waals surface area contributed by atoms with Crippen LogP contribution in [0.3, 0.4) is 0 Å². The lowest BCUT2D eigenvalue weighted by atomic mass is 9.91. The van der Waals surface area contributed by atoms with E-state index in [1.54, 1.807) is 11.8 Å². The van der Waals surface area contributed by atoms with Gasteiger partial charge in [0.15, 0.2) is 0 Å². The lowest BCUT2D eigenvalue weighted by Crippen LogP contribution is -2.50. The highest BCUT2D eigenvalue weighted by molar-refractivity contribution is 5.67. The lowest BCUT2D eigenvalue weighted by molar-refractivity contribution is -0.0175. The van der Waals surface area contributed by atoms with Crippen molar-refractivity contribution in [1.82, 2.24) is 10.2 Å². The minimum Gasteiger partial charge on any atom is -0.450 e. The van der Waals surface area contributed by atoms with Gasteiger partial charge in [0.2, 0.25) is 0 Å². The quantitative estimate of drug-likeness (QED) is 0.707. The molecule has 0 spiro atoms. The van der Waals surface area contributed by atoms with Crippen LogP contribution in [-0.2, 0) is 4.74 Å². The summed E-state index contributed by atoms with van der Waals surface area (Å²) in [5.41, 5.74) is -0.669. The summed E-state index contributed by atoms with van der Waals surface area (Å²) in [6.07, 6.45) is 0.934. The second kappa shape index (κ2) is 5.32. The van der Waals surface area contributed by atoms with Crippen molar-refractivity contribution in [2.45, 2.75) is 25.4 Å². The molecule has 0 aromatic rings. The summed E-state index contributed by atoms with van der Waals surface area (Å²) < 4.78 is 4.90. The zero-order valence-corrected chi connectivity index (χ0v) is 9.45. The van der Waals surface area contributed by atoms with Crippen LogP contribution in [0.4, 0.5) is 4.79 Å². The molecule has 5 nitrogen and oxygen atoms in total. The van der Waals surface area contributed by atoms with Gasteiger partial charge in [0.1, 0.15) is 0 Å². The van der Waals surface area contributed by atoms with Gasteiger partial charge < -0.3 is 20.1 Å². The summed E-state index contributed by atoms with van der Waals surface area (Å²) in [6, 6.07) is 0. The summed E-state index contributed by atoms with van der Waals surface area (Å²) >= 11 is 0. The molecule has 1 rings (SSSR count). The lowest BCUT2D eigenvalue weighted by Gasteiger charge is -2.37. The number of nitrogens with zero attached hydrogens (tertiary/aromatic N) is 1. The molecule has 88 valence electrons. The summed E-state index contributed by atoms with van der Waals surface area (Å²) in [7, 11) is 1.82. The topological polar surface area (TPSA) is 61.8 Å². The van der Waals surface area contributed by atoms with E-state index < -0.39 is 5.60 Å². The number of likely N-dealkylation sites (tertiary alicyclic amines) is 1. The van der Waals surface area contributed by atoms with Gasteiger partial charge >= 0.3 is 6.09 Å². The monoisotopic (exact) mass is 216 g/mol. The molecule has 1 aliphatic heterocycles. The molecule has 0 bridgehead atoms. The van der Waals surface area contributed by atoms with E-state index in [-0.39, 0.29) is 6.09 Å². The van der Waals surface area contributed by atoms with Gasteiger partial charge in [-0.3, -0.25) is 0 Å². The Kier molecular flexibility index (Phi) is 4.35. The van der Waals surface area contributed by atoms with Crippen molar-refractivity contribution in [1.29, 1.82) is 0 Å². The first-order valence-electron chi connectivity index (χ1n) is 5.40. The van der Waals surface area contributed by atoms with E-state index in [0.717, 1.165) is 0 Å². The SMILES string of the molecule is CCOC(=O)N1CCC(O)(CNC)CC1. The number of rotatable bonds is 3. The van der Waals surface area contributed by atoms with Gasteiger partial charge in [-0.1, -0.05) is 0 Å². The van der Waals surface area contributed by atoms with Crippen LogP contribution in [0, 0.1) is 0 Å². The van der Waals surface area contributed by atoms with Gasteiger partial charge in [0, 0.05) is 19.6 Å². The fourth-order valence-corrected chi connectivity index (χ4v) is 1.83. The normalized spacial score (nSPS) is 20.1. The van der Waals surface area contributed by atoms with Gasteiger partial charge in [-0.05, 0) is 26.8 Å². The van der Waals surface area contributed by atoms with E-state index in [1.807, 2.05) is 7.05 Å². The molecular formula is C10H20N2O3. The number of likely N-dealkylation sites (N-methyl/N-ethyl adjacent to an activating group) is 1. The minimum absolute atomic E-state index is 0.274. The smallest absolute Gasteiger partial charge is 0.409 e. The number of nitrogens with one attached hydrogen (secondary N) is 1. The third-order valence-electron chi connectivity index (χ3n) is 2.73. The predicted octanol–water partition coefficient (Wildman–Crippen LogP) is 0.189. The van der Waals surface area contributed by atoms with Crippen molar-refractivity contribution in [2.75, 3.05) is 33.3 Å². The third-order valence-corrected chi connectivity index (χ3v) is 2.73. The Bertz CT molecular complexity index is 213. The Morgan fingerprint density at radius 1 is 1.53 bits per heavy atom. The molecule has 0 aliphatic carbocycles. The molecule has 2 N–H and O–H groups in total. The van der Waals surface area contributed by atoms with Crippen LogP contribution in [0.5, 0.6) is 0 Å². The van der Waals surface area contributed by atoms with Crippen molar-refractivity contribution in [2.24, 2.45) is 0 Å². The predicted molar refractivity (Wildman–Crippen MR) is 56.7 cm³/mol. The van der Waals surface area contributed by atoms with E-state index in [9.17, 15) is 9.90 Å². The van der Waals surface area contributed by atoms with Gasteiger partial charge in [0.05, 0.1) is 12.2 Å². The molecule has 0 unspecified atom stereocenters. The summed E-state index contributed by atoms with van der Waals surface area (Å²) in [5, 5.41) is 13.0. The number of carbonyl (C=O) groups excluding carboxylic acids is 1. The second-order valence-corrected chi connectivity index (χ2v) is 3.94. The van der Waals surface area contributed by atoms with E-state index in [1.165, 1.54) is 0 Å². The van der Waals surface area contributed by atoms with Gasteiger partial charge in [0.25, 0.3) is 0 Å². The molecule has 1 fully saturated rings. The van der Waals surface area contributed by atoms with Crippen molar-refractivity contribution >= 4 is 6.09 Å². The fraction of sp³-hybridized carbons (Fsp3) is 0.900. The maximum absolute atomic E-state index is 11.4. The fourth-order valence-electron chi connectivity index (χ4n) is 1.83. The molecule has 5 heteroatoms. The first-order chi connectivity index (χ1) is 7.11. The number of ether oxygens (including phenoxy) is 1. The standard InChI is InChI=1S/C10H20N2O3/c1-3-15-9(13)12-6-4-10(14,5-7-12)8-11-2/h11,14H,3-8H2,1-2H3. The molecule has 1 aliphatic rings. The van der Waals surface area contributed by atoms with Gasteiger partial charge in [-0.25, -0.2) is 4.79 Å². The first kappa shape index (κ1) is 12.3. The molecule has 1 heterocycles. The first-order valence-corrected chi connectivity index (χ1v) is 5.40. The number of hydrogen-bond donors (Lipinski definition) is 2. The van der Waals surface area contributed by atoms with Crippen LogP contribution >= 0.6 is 0 Å². The number of aliphatic hydroxyl groups is 1. The molecule has 0 atom stereocenters. The Labute approximate surface area is 90.4 Å². The number of hydrogen-bond acceptors (Lipinski definition) is 4. The molecule has 1 saturated heterocycles. The van der Waals surface area contributed by atoms with Crippen molar-refractivity contribution in [3.63, 3.8) is 0 Å². The highest BCUT2D eigenvalue weighted by atomic mass is 16.6. The van der Waals surface area contributed by atoms with Crippen molar-refractivity contribution < 1.29 is 14.6 Å². The maximum Gasteiger partial charge on any atom is 0.409 e. The third kappa shape index (κ3) is 3.35. The van der Waals surface area contributed by atoms with Crippen LogP contribution in [-0.4, -0.2) is 55.0 Å². The highest BCUT2D eigenvalue weighted by Crippen LogP contribution is 2.21. The zero-order valence-electron chi connectivity index (χ0n) is 9.45. The minimum atomic E-state index is -0.669. The molecule has 0 aromatic heterocycles. The number of piperidine rings is 1. The zero-order chi connectivity index (χ0) is 11.3. The van der Waals surface area contributed by atoms with E-state index in [4.69, 9.17) is 4.74 Å². The summed E-state index contributed by atoms with van der Waals surface area (Å²) in [6.45, 7) is 3.90. The molecule has 0 saturated carbocycles. The molecule has 15 heavy (non-hydrogen) atoms. The average molecular weight is 216 g/mol. The van der Waals surface area contributed by atoms with Crippen molar-refractivity contribution in [3.8, 4) is 0 Å². The Balaban J connectivity index is 2.38. The van der Waals surface area contributed by atoms with Crippen LogP contribution in [0.2, 0.25) is 0 Å². The molecule has 1 amide bonds.